The maximum Gasteiger partial charge on any atom is 0.287 e. The van der Waals surface area contributed by atoms with Crippen molar-refractivity contribution in [3.8, 4) is 0 Å². The van der Waals surface area contributed by atoms with Gasteiger partial charge in [0.1, 0.15) is 4.47 Å². The summed E-state index contributed by atoms with van der Waals surface area (Å²) >= 11 is 4.10. The van der Waals surface area contributed by atoms with Crippen LogP contribution in [0, 0.1) is 6.92 Å². The Kier molecular flexibility index (Phi) is 4.33. The highest BCUT2D eigenvalue weighted by atomic mass is 79.9. The van der Waals surface area contributed by atoms with Gasteiger partial charge in [0.2, 0.25) is 5.91 Å². The highest BCUT2D eigenvalue weighted by Crippen LogP contribution is 2.15. The van der Waals surface area contributed by atoms with E-state index in [0.29, 0.717) is 10.2 Å². The number of nitrogens with zero attached hydrogens (tertiary/aromatic N) is 2. The Morgan fingerprint density at radius 2 is 2.31 bits per heavy atom. The lowest BCUT2D eigenvalue weighted by Crippen LogP contribution is -2.33. The van der Waals surface area contributed by atoms with Crippen LogP contribution >= 0.6 is 27.7 Å². The van der Waals surface area contributed by atoms with Crippen LogP contribution in [0.4, 0.5) is 0 Å². The van der Waals surface area contributed by atoms with Gasteiger partial charge in [-0.2, -0.15) is 0 Å². The minimum absolute atomic E-state index is 0.0429. The quantitative estimate of drug-likeness (QED) is 0.219. The Morgan fingerprint density at radius 1 is 1.69 bits per heavy atom. The number of carbonyl (C=O) groups excluding carboxylic acids is 1. The molecule has 0 aliphatic heterocycles. The van der Waals surface area contributed by atoms with Gasteiger partial charge >= 0.3 is 0 Å². The number of rotatable bonds is 3. The second-order valence-corrected chi connectivity index (χ2v) is 4.56. The first-order valence-corrected chi connectivity index (χ1v) is 5.91. The summed E-state index contributed by atoms with van der Waals surface area (Å²) in [6.07, 6.45) is 0. The third-order valence-corrected chi connectivity index (χ3v) is 3.55. The Labute approximate surface area is 104 Å². The van der Waals surface area contributed by atoms with Crippen molar-refractivity contribution in [3.63, 3.8) is 0 Å². The van der Waals surface area contributed by atoms with Gasteiger partial charge in [-0.05, 0) is 22.9 Å². The Hall–Kier alpha value is -1.06. The summed E-state index contributed by atoms with van der Waals surface area (Å²) < 4.78 is 1.19. The number of thioether (sulfide) groups is 1. The maximum atomic E-state index is 11.5. The molecule has 1 heterocycles. The molecule has 0 saturated carbocycles. The molecule has 0 spiro atoms. The zero-order valence-electron chi connectivity index (χ0n) is 8.36. The minimum atomic E-state index is -0.400. The number of aromatic nitrogens is 2. The van der Waals surface area contributed by atoms with E-state index in [1.807, 2.05) is 5.43 Å². The number of nitrogen functional groups attached to an aromatic ring is 1. The highest BCUT2D eigenvalue weighted by Gasteiger charge is 2.11. The molecule has 0 fully saturated rings. The highest BCUT2D eigenvalue weighted by molar-refractivity contribution is 9.10. The molecule has 1 aromatic rings. The van der Waals surface area contributed by atoms with Gasteiger partial charge in [-0.15, -0.1) is 0 Å². The van der Waals surface area contributed by atoms with Crippen molar-refractivity contribution in [2.45, 2.75) is 12.1 Å². The predicted molar refractivity (Wildman–Crippen MR) is 64.1 cm³/mol. The fourth-order valence-corrected chi connectivity index (χ4v) is 1.91. The summed E-state index contributed by atoms with van der Waals surface area (Å²) in [6, 6.07) is 0. The molecule has 0 aliphatic carbocycles. The summed E-state index contributed by atoms with van der Waals surface area (Å²) in [6.45, 7) is 1.67. The average Bonchev–Trinajstić information content (AvgIpc) is 2.28. The van der Waals surface area contributed by atoms with Crippen LogP contribution in [0.25, 0.3) is 0 Å². The molecule has 0 aliphatic rings. The fraction of sp³-hybridized carbons (Fsp3) is 0.286. The van der Waals surface area contributed by atoms with Crippen LogP contribution in [0.3, 0.4) is 0 Å². The summed E-state index contributed by atoms with van der Waals surface area (Å²) in [7, 11) is 0. The first kappa shape index (κ1) is 13.0. The first-order valence-electron chi connectivity index (χ1n) is 4.13. The number of carbonyl (C=O) groups is 1. The van der Waals surface area contributed by atoms with Crippen LogP contribution in [-0.4, -0.2) is 21.3 Å². The van der Waals surface area contributed by atoms with Gasteiger partial charge in [0.15, 0.2) is 5.16 Å². The van der Waals surface area contributed by atoms with Crippen molar-refractivity contribution in [2.24, 2.45) is 5.84 Å². The van der Waals surface area contributed by atoms with E-state index < -0.39 is 5.56 Å². The van der Waals surface area contributed by atoms with Crippen molar-refractivity contribution in [1.82, 2.24) is 15.1 Å². The molecule has 0 aromatic carbocycles. The van der Waals surface area contributed by atoms with Gasteiger partial charge in [0.05, 0.1) is 11.4 Å². The van der Waals surface area contributed by atoms with E-state index in [0.717, 1.165) is 16.4 Å². The van der Waals surface area contributed by atoms with E-state index in [9.17, 15) is 9.59 Å². The van der Waals surface area contributed by atoms with Crippen LogP contribution in [0.5, 0.6) is 0 Å². The molecule has 1 amide bonds. The largest absolute Gasteiger partial charge is 0.334 e. The van der Waals surface area contributed by atoms with E-state index in [4.69, 9.17) is 11.7 Å². The number of hydrogen-bond donors (Lipinski definition) is 3. The summed E-state index contributed by atoms with van der Waals surface area (Å²) in [4.78, 5) is 26.5. The lowest BCUT2D eigenvalue weighted by molar-refractivity contribution is -0.118. The normalized spacial score (nSPS) is 10.2. The van der Waals surface area contributed by atoms with Crippen LogP contribution in [0.1, 0.15) is 5.69 Å². The van der Waals surface area contributed by atoms with Gasteiger partial charge in [-0.3, -0.25) is 15.0 Å². The monoisotopic (exact) mass is 307 g/mol. The van der Waals surface area contributed by atoms with Gasteiger partial charge in [-0.25, -0.2) is 15.5 Å². The molecule has 1 aromatic heterocycles. The van der Waals surface area contributed by atoms with Gasteiger partial charge < -0.3 is 5.84 Å². The maximum absolute atomic E-state index is 11.5. The number of hydrazine groups is 1. The summed E-state index contributed by atoms with van der Waals surface area (Å²) in [5.74, 6) is 10.1. The van der Waals surface area contributed by atoms with Crippen molar-refractivity contribution in [2.75, 3.05) is 11.6 Å². The Bertz CT molecular complexity index is 475. The molecule has 5 N–H and O–H groups in total. The number of halogens is 1. The molecule has 0 unspecified atom stereocenters. The van der Waals surface area contributed by atoms with E-state index in [-0.39, 0.29) is 16.8 Å². The number of hydrogen-bond acceptors (Lipinski definition) is 6. The molecular formula is C7H10BrN5O2S. The Balaban J connectivity index is 2.98. The second-order valence-electron chi connectivity index (χ2n) is 2.83. The van der Waals surface area contributed by atoms with Crippen LogP contribution in [0.2, 0.25) is 0 Å². The molecule has 0 atom stereocenters. The van der Waals surface area contributed by atoms with E-state index in [2.05, 4.69) is 20.9 Å². The molecule has 16 heavy (non-hydrogen) atoms. The molecular weight excluding hydrogens is 298 g/mol. The Morgan fingerprint density at radius 3 is 2.88 bits per heavy atom. The van der Waals surface area contributed by atoms with Gasteiger partial charge in [-0.1, -0.05) is 11.8 Å². The first-order chi connectivity index (χ1) is 7.47. The number of amides is 1. The zero-order valence-corrected chi connectivity index (χ0v) is 10.8. The summed E-state index contributed by atoms with van der Waals surface area (Å²) in [5, 5.41) is 0.259. The van der Waals surface area contributed by atoms with Gasteiger partial charge in [0, 0.05) is 0 Å². The summed E-state index contributed by atoms with van der Waals surface area (Å²) in [5.41, 5.74) is 2.09. The van der Waals surface area contributed by atoms with E-state index in [1.165, 1.54) is 0 Å². The number of nitrogens with two attached hydrogens (primary N) is 2. The van der Waals surface area contributed by atoms with Crippen LogP contribution < -0.4 is 22.7 Å². The molecule has 9 heteroatoms. The number of aryl methyl sites for hydroxylation is 1. The van der Waals surface area contributed by atoms with Crippen LogP contribution in [0.15, 0.2) is 14.4 Å². The SMILES string of the molecule is Cc1nc(SCC(=O)NN)n(N)c(=O)c1Br. The molecule has 0 bridgehead atoms. The van der Waals surface area contributed by atoms with Crippen molar-refractivity contribution in [1.29, 1.82) is 0 Å². The molecule has 0 saturated heterocycles. The lowest BCUT2D eigenvalue weighted by atomic mass is 10.5. The second kappa shape index (κ2) is 5.32. The molecule has 88 valence electrons. The van der Waals surface area contributed by atoms with Gasteiger partial charge in [0.25, 0.3) is 5.56 Å². The smallest absolute Gasteiger partial charge is 0.287 e. The topological polar surface area (TPSA) is 116 Å². The van der Waals surface area contributed by atoms with Crippen molar-refractivity contribution in [3.05, 3.63) is 20.5 Å². The third-order valence-electron chi connectivity index (χ3n) is 1.69. The lowest BCUT2D eigenvalue weighted by Gasteiger charge is -2.07. The fourth-order valence-electron chi connectivity index (χ4n) is 0.867. The van der Waals surface area contributed by atoms with Crippen LogP contribution in [-0.2, 0) is 4.79 Å². The van der Waals surface area contributed by atoms with Crippen molar-refractivity contribution >= 4 is 33.6 Å². The van der Waals surface area contributed by atoms with Crippen molar-refractivity contribution < 1.29 is 4.79 Å². The van der Waals surface area contributed by atoms with E-state index in [1.54, 1.807) is 6.92 Å². The average molecular weight is 308 g/mol. The standard InChI is InChI=1S/C7H10BrN5O2S/c1-3-5(8)6(15)13(10)7(11-3)16-2-4(14)12-9/h2,9-10H2,1H3,(H,12,14). The van der Waals surface area contributed by atoms with E-state index >= 15 is 0 Å². The molecule has 0 radical (unpaired) electrons. The number of nitrogens with one attached hydrogen (secondary N) is 1. The molecule has 7 nitrogen and oxygen atoms in total. The minimum Gasteiger partial charge on any atom is -0.334 e. The zero-order chi connectivity index (χ0) is 12.3. The predicted octanol–water partition coefficient (Wildman–Crippen LogP) is -0.890. The molecule has 1 rings (SSSR count). The third kappa shape index (κ3) is 2.74.